The van der Waals surface area contributed by atoms with Crippen LogP contribution in [0.2, 0.25) is 0 Å². The predicted molar refractivity (Wildman–Crippen MR) is 79.5 cm³/mol. The van der Waals surface area contributed by atoms with E-state index in [1.165, 1.54) is 70.6 Å². The molecule has 0 bridgehead atoms. The van der Waals surface area contributed by atoms with E-state index in [9.17, 15) is 0 Å². The Hall–Kier alpha value is 0.350. The second-order valence-electron chi connectivity index (χ2n) is 5.07. The lowest BCUT2D eigenvalue weighted by Crippen LogP contribution is -1.99. The number of hydrogen-bond donors (Lipinski definition) is 1. The first kappa shape index (κ1) is 16.4. The highest BCUT2D eigenvalue weighted by atomic mass is 32.1. The number of rotatable bonds is 12. The third-order valence-corrected chi connectivity index (χ3v) is 4.07. The third-order valence-electron chi connectivity index (χ3n) is 3.55. The fraction of sp³-hybridized carbons (Fsp3) is 1.00. The Morgan fingerprint density at radius 3 is 1.69 bits per heavy atom. The van der Waals surface area contributed by atoms with Crippen LogP contribution < -0.4 is 0 Å². The minimum Gasteiger partial charge on any atom is -0.179 e. The van der Waals surface area contributed by atoms with Gasteiger partial charge in [-0.05, 0) is 18.1 Å². The maximum absolute atomic E-state index is 4.39. The molecule has 0 amide bonds. The molecule has 98 valence electrons. The summed E-state index contributed by atoms with van der Waals surface area (Å²) < 4.78 is 0. The van der Waals surface area contributed by atoms with Crippen molar-refractivity contribution < 1.29 is 0 Å². The van der Waals surface area contributed by atoms with Crippen LogP contribution in [0.1, 0.15) is 84.5 Å². The zero-order chi connectivity index (χ0) is 12.1. The normalized spacial score (nSPS) is 12.9. The molecule has 16 heavy (non-hydrogen) atoms. The molecule has 0 aromatic heterocycles. The summed E-state index contributed by atoms with van der Waals surface area (Å²) in [6.45, 7) is 4.57. The standard InChI is InChI=1S/C15H32S/c1-3-5-6-7-8-9-10-11-12-13-15(4-2)14-16/h15-16H,3-14H2,1-2H3. The molecule has 1 heteroatoms. The minimum atomic E-state index is 0.868. The van der Waals surface area contributed by atoms with Crippen molar-refractivity contribution in [3.63, 3.8) is 0 Å². The van der Waals surface area contributed by atoms with Crippen LogP contribution in [0.15, 0.2) is 0 Å². The van der Waals surface area contributed by atoms with Crippen LogP contribution in [-0.4, -0.2) is 5.75 Å². The largest absolute Gasteiger partial charge is 0.179 e. The van der Waals surface area contributed by atoms with Gasteiger partial charge >= 0.3 is 0 Å². The van der Waals surface area contributed by atoms with Gasteiger partial charge in [0, 0.05) is 0 Å². The summed E-state index contributed by atoms with van der Waals surface area (Å²) in [7, 11) is 0. The average molecular weight is 244 g/mol. The number of thiol groups is 1. The molecule has 0 aromatic rings. The van der Waals surface area contributed by atoms with Gasteiger partial charge in [-0.3, -0.25) is 0 Å². The maximum Gasteiger partial charge on any atom is -0.00696 e. The molecule has 0 radical (unpaired) electrons. The van der Waals surface area contributed by atoms with Crippen molar-refractivity contribution in [1.82, 2.24) is 0 Å². The van der Waals surface area contributed by atoms with E-state index in [2.05, 4.69) is 26.5 Å². The average Bonchev–Trinajstić information content (AvgIpc) is 2.32. The molecule has 0 aliphatic carbocycles. The second kappa shape index (κ2) is 13.4. The zero-order valence-electron chi connectivity index (χ0n) is 11.5. The summed E-state index contributed by atoms with van der Waals surface area (Å²) in [5, 5.41) is 0. The fourth-order valence-electron chi connectivity index (χ4n) is 2.17. The first-order valence-electron chi connectivity index (χ1n) is 7.46. The van der Waals surface area contributed by atoms with Crippen LogP contribution in [-0.2, 0) is 0 Å². The van der Waals surface area contributed by atoms with E-state index in [0.29, 0.717) is 0 Å². The minimum absolute atomic E-state index is 0.868. The van der Waals surface area contributed by atoms with E-state index in [0.717, 1.165) is 11.7 Å². The zero-order valence-corrected chi connectivity index (χ0v) is 12.4. The van der Waals surface area contributed by atoms with E-state index in [-0.39, 0.29) is 0 Å². The summed E-state index contributed by atoms with van der Waals surface area (Å²) in [4.78, 5) is 0. The molecule has 1 atom stereocenters. The molecule has 0 saturated carbocycles. The van der Waals surface area contributed by atoms with E-state index in [1.54, 1.807) is 0 Å². The molecular formula is C15H32S. The lowest BCUT2D eigenvalue weighted by Gasteiger charge is -2.10. The Bertz CT molecular complexity index is 119. The predicted octanol–water partition coefficient (Wildman–Crippen LogP) is 5.86. The molecule has 0 spiro atoms. The van der Waals surface area contributed by atoms with Crippen LogP contribution in [0.4, 0.5) is 0 Å². The van der Waals surface area contributed by atoms with Gasteiger partial charge in [0.25, 0.3) is 0 Å². The SMILES string of the molecule is CCCCCCCCCCCC(CC)CS. The van der Waals surface area contributed by atoms with Gasteiger partial charge in [-0.15, -0.1) is 0 Å². The molecule has 0 rings (SSSR count). The monoisotopic (exact) mass is 244 g/mol. The van der Waals surface area contributed by atoms with Crippen molar-refractivity contribution >= 4 is 12.6 Å². The summed E-state index contributed by atoms with van der Waals surface area (Å²) in [5.74, 6) is 1.95. The van der Waals surface area contributed by atoms with E-state index in [1.807, 2.05) is 0 Å². The van der Waals surface area contributed by atoms with Crippen molar-refractivity contribution in [1.29, 1.82) is 0 Å². The molecular weight excluding hydrogens is 212 g/mol. The van der Waals surface area contributed by atoms with E-state index >= 15 is 0 Å². The van der Waals surface area contributed by atoms with Gasteiger partial charge in [-0.2, -0.15) is 12.6 Å². The molecule has 1 unspecified atom stereocenters. The highest BCUT2D eigenvalue weighted by molar-refractivity contribution is 7.80. The van der Waals surface area contributed by atoms with Crippen molar-refractivity contribution in [3.8, 4) is 0 Å². The van der Waals surface area contributed by atoms with Crippen LogP contribution >= 0.6 is 12.6 Å². The molecule has 0 aliphatic heterocycles. The highest BCUT2D eigenvalue weighted by Crippen LogP contribution is 2.16. The Morgan fingerprint density at radius 2 is 1.25 bits per heavy atom. The molecule has 0 aliphatic rings. The van der Waals surface area contributed by atoms with Crippen molar-refractivity contribution in [2.24, 2.45) is 5.92 Å². The van der Waals surface area contributed by atoms with Crippen LogP contribution in [0.5, 0.6) is 0 Å². The van der Waals surface area contributed by atoms with Gasteiger partial charge in [0.05, 0.1) is 0 Å². The van der Waals surface area contributed by atoms with Gasteiger partial charge in [-0.25, -0.2) is 0 Å². The van der Waals surface area contributed by atoms with Crippen LogP contribution in [0.3, 0.4) is 0 Å². The van der Waals surface area contributed by atoms with E-state index < -0.39 is 0 Å². The maximum atomic E-state index is 4.39. The second-order valence-corrected chi connectivity index (χ2v) is 5.44. The molecule has 0 fully saturated rings. The Balaban J connectivity index is 3.03. The van der Waals surface area contributed by atoms with Crippen molar-refractivity contribution in [3.05, 3.63) is 0 Å². The third kappa shape index (κ3) is 10.9. The number of unbranched alkanes of at least 4 members (excludes halogenated alkanes) is 8. The van der Waals surface area contributed by atoms with Gasteiger partial charge in [0.1, 0.15) is 0 Å². The Morgan fingerprint density at radius 1 is 0.750 bits per heavy atom. The first-order chi connectivity index (χ1) is 7.85. The first-order valence-corrected chi connectivity index (χ1v) is 8.09. The molecule has 0 aromatic carbocycles. The Labute approximate surface area is 109 Å². The van der Waals surface area contributed by atoms with Gasteiger partial charge in [-0.1, -0.05) is 78.1 Å². The van der Waals surface area contributed by atoms with Gasteiger partial charge < -0.3 is 0 Å². The van der Waals surface area contributed by atoms with Crippen LogP contribution in [0, 0.1) is 5.92 Å². The topological polar surface area (TPSA) is 0 Å². The fourth-order valence-corrected chi connectivity index (χ4v) is 2.61. The van der Waals surface area contributed by atoms with Gasteiger partial charge in [0.15, 0.2) is 0 Å². The molecule has 0 heterocycles. The van der Waals surface area contributed by atoms with E-state index in [4.69, 9.17) is 0 Å². The van der Waals surface area contributed by atoms with Crippen molar-refractivity contribution in [2.45, 2.75) is 84.5 Å². The molecule has 0 saturated heterocycles. The smallest absolute Gasteiger partial charge is 0.00696 e. The lowest BCUT2D eigenvalue weighted by atomic mass is 9.99. The summed E-state index contributed by atoms with van der Waals surface area (Å²) in [6, 6.07) is 0. The summed E-state index contributed by atoms with van der Waals surface area (Å²) >= 11 is 4.39. The van der Waals surface area contributed by atoms with Gasteiger partial charge in [0.2, 0.25) is 0 Å². The quantitative estimate of drug-likeness (QED) is 0.322. The Kier molecular flexibility index (Phi) is 13.7. The summed E-state index contributed by atoms with van der Waals surface area (Å²) in [6.07, 6.45) is 15.7. The number of hydrogen-bond acceptors (Lipinski definition) is 1. The lowest BCUT2D eigenvalue weighted by molar-refractivity contribution is 0.476. The van der Waals surface area contributed by atoms with Crippen LogP contribution in [0.25, 0.3) is 0 Å². The summed E-state index contributed by atoms with van der Waals surface area (Å²) in [5.41, 5.74) is 0. The molecule has 0 N–H and O–H groups in total. The highest BCUT2D eigenvalue weighted by Gasteiger charge is 2.02. The van der Waals surface area contributed by atoms with Crippen molar-refractivity contribution in [2.75, 3.05) is 5.75 Å². The molecule has 0 nitrogen and oxygen atoms in total.